The van der Waals surface area contributed by atoms with Crippen LogP contribution in [0.3, 0.4) is 0 Å². The quantitative estimate of drug-likeness (QED) is 0.852. The third-order valence-electron chi connectivity index (χ3n) is 3.22. The molecule has 1 N–H and O–H groups in total. The number of benzene rings is 1. The van der Waals surface area contributed by atoms with Crippen LogP contribution in [0.4, 0.5) is 5.69 Å². The van der Waals surface area contributed by atoms with E-state index >= 15 is 0 Å². The van der Waals surface area contributed by atoms with Crippen LogP contribution < -0.4 is 5.32 Å². The predicted molar refractivity (Wildman–Crippen MR) is 70.9 cm³/mol. The monoisotopic (exact) mass is 258 g/mol. The van der Waals surface area contributed by atoms with E-state index in [0.717, 1.165) is 22.2 Å². The molecule has 1 aliphatic heterocycles. The van der Waals surface area contributed by atoms with E-state index in [1.807, 2.05) is 22.8 Å². The molecule has 0 aliphatic carbocycles. The number of anilines is 1. The van der Waals surface area contributed by atoms with Crippen LogP contribution in [-0.4, -0.2) is 23.1 Å². The van der Waals surface area contributed by atoms with E-state index in [2.05, 4.69) is 5.32 Å². The van der Waals surface area contributed by atoms with E-state index in [0.29, 0.717) is 13.0 Å². The first-order valence-electron chi connectivity index (χ1n) is 6.25. The molecule has 0 unspecified atom stereocenters. The molecule has 0 bridgehead atoms. The average molecular weight is 258 g/mol. The fourth-order valence-electron chi connectivity index (χ4n) is 2.51. The number of ether oxygens (including phenoxy) is 1. The van der Waals surface area contributed by atoms with Gasteiger partial charge in [-0.2, -0.15) is 0 Å². The van der Waals surface area contributed by atoms with Crippen LogP contribution in [0.2, 0.25) is 0 Å². The van der Waals surface area contributed by atoms with Gasteiger partial charge in [-0.1, -0.05) is 12.1 Å². The van der Waals surface area contributed by atoms with Gasteiger partial charge in [-0.05, 0) is 18.6 Å². The van der Waals surface area contributed by atoms with E-state index in [-0.39, 0.29) is 18.4 Å². The summed E-state index contributed by atoms with van der Waals surface area (Å²) in [7, 11) is 0. The van der Waals surface area contributed by atoms with Gasteiger partial charge in [-0.25, -0.2) is 0 Å². The Kier molecular flexibility index (Phi) is 2.74. The number of hydrogen-bond acceptors (Lipinski definition) is 3. The molecular formula is C14H14N2O3. The van der Waals surface area contributed by atoms with E-state index in [1.165, 1.54) is 0 Å². The fourth-order valence-corrected chi connectivity index (χ4v) is 2.51. The largest absolute Gasteiger partial charge is 0.465 e. The molecule has 0 spiro atoms. The topological polar surface area (TPSA) is 60.3 Å². The lowest BCUT2D eigenvalue weighted by Crippen LogP contribution is -2.18. The maximum absolute atomic E-state index is 11.6. The van der Waals surface area contributed by atoms with Crippen LogP contribution in [0.15, 0.2) is 24.4 Å². The van der Waals surface area contributed by atoms with Crippen molar-refractivity contribution in [3.8, 4) is 0 Å². The Balaban J connectivity index is 2.06. The summed E-state index contributed by atoms with van der Waals surface area (Å²) in [6.07, 6.45) is 2.18. The molecule has 0 atom stereocenters. The van der Waals surface area contributed by atoms with Crippen molar-refractivity contribution in [2.75, 3.05) is 11.9 Å². The third-order valence-corrected chi connectivity index (χ3v) is 3.22. The summed E-state index contributed by atoms with van der Waals surface area (Å²) in [4.78, 5) is 23.2. The molecule has 0 saturated carbocycles. The molecule has 0 saturated heterocycles. The minimum absolute atomic E-state index is 0.0196. The Bertz CT molecular complexity index is 673. The van der Waals surface area contributed by atoms with E-state index in [9.17, 15) is 9.59 Å². The van der Waals surface area contributed by atoms with Crippen molar-refractivity contribution in [2.24, 2.45) is 0 Å². The molecule has 1 amide bonds. The van der Waals surface area contributed by atoms with E-state index < -0.39 is 0 Å². The molecule has 0 radical (unpaired) electrons. The molecule has 1 aliphatic rings. The average Bonchev–Trinajstić information content (AvgIpc) is 2.69. The standard InChI is InChI=1S/C14H14N2O3/c1-2-19-13(18)8-16-7-10-14-9(6-12(17)15-10)4-3-5-11(14)16/h3-5,7H,2,6,8H2,1H3,(H,15,17). The zero-order chi connectivity index (χ0) is 13.4. The number of aromatic nitrogens is 1. The minimum Gasteiger partial charge on any atom is -0.465 e. The van der Waals surface area contributed by atoms with Crippen LogP contribution in [0, 0.1) is 0 Å². The first-order chi connectivity index (χ1) is 9.19. The number of amides is 1. The van der Waals surface area contributed by atoms with Crippen molar-refractivity contribution in [3.05, 3.63) is 30.0 Å². The van der Waals surface area contributed by atoms with Gasteiger partial charge < -0.3 is 14.6 Å². The molecule has 5 heteroatoms. The van der Waals surface area contributed by atoms with Crippen molar-refractivity contribution in [1.82, 2.24) is 4.57 Å². The summed E-state index contributed by atoms with van der Waals surface area (Å²) in [6, 6.07) is 5.79. The summed E-state index contributed by atoms with van der Waals surface area (Å²) in [6.45, 7) is 2.31. The van der Waals surface area contributed by atoms with Crippen molar-refractivity contribution in [1.29, 1.82) is 0 Å². The first-order valence-corrected chi connectivity index (χ1v) is 6.25. The van der Waals surface area contributed by atoms with Gasteiger partial charge in [-0.15, -0.1) is 0 Å². The van der Waals surface area contributed by atoms with Crippen LogP contribution in [0.5, 0.6) is 0 Å². The molecule has 2 aromatic rings. The van der Waals surface area contributed by atoms with Gasteiger partial charge in [0, 0.05) is 11.6 Å². The highest BCUT2D eigenvalue weighted by molar-refractivity contribution is 6.09. The van der Waals surface area contributed by atoms with Gasteiger partial charge in [0.05, 0.1) is 24.2 Å². The van der Waals surface area contributed by atoms with Crippen LogP contribution in [0.25, 0.3) is 10.9 Å². The Labute approximate surface area is 110 Å². The highest BCUT2D eigenvalue weighted by Gasteiger charge is 2.21. The molecule has 19 heavy (non-hydrogen) atoms. The second kappa shape index (κ2) is 4.42. The van der Waals surface area contributed by atoms with Gasteiger partial charge in [0.25, 0.3) is 0 Å². The maximum Gasteiger partial charge on any atom is 0.325 e. The van der Waals surface area contributed by atoms with Crippen molar-refractivity contribution in [2.45, 2.75) is 19.9 Å². The van der Waals surface area contributed by atoms with Crippen LogP contribution in [0.1, 0.15) is 12.5 Å². The summed E-state index contributed by atoms with van der Waals surface area (Å²) in [5.74, 6) is -0.296. The lowest BCUT2D eigenvalue weighted by molar-refractivity contribution is -0.143. The van der Waals surface area contributed by atoms with Crippen LogP contribution >= 0.6 is 0 Å². The number of rotatable bonds is 3. The molecule has 2 heterocycles. The van der Waals surface area contributed by atoms with Gasteiger partial charge in [0.1, 0.15) is 6.54 Å². The Morgan fingerprint density at radius 2 is 2.32 bits per heavy atom. The lowest BCUT2D eigenvalue weighted by Gasteiger charge is -2.12. The summed E-state index contributed by atoms with van der Waals surface area (Å²) < 4.78 is 6.77. The first kappa shape index (κ1) is 11.8. The zero-order valence-corrected chi connectivity index (χ0v) is 10.6. The molecule has 1 aromatic heterocycles. The predicted octanol–water partition coefficient (Wildman–Crippen LogP) is 1.70. The van der Waals surface area contributed by atoms with Crippen molar-refractivity contribution in [3.63, 3.8) is 0 Å². The van der Waals surface area contributed by atoms with Crippen molar-refractivity contribution >= 4 is 28.5 Å². The number of nitrogens with one attached hydrogen (secondary N) is 1. The third kappa shape index (κ3) is 1.97. The highest BCUT2D eigenvalue weighted by atomic mass is 16.5. The smallest absolute Gasteiger partial charge is 0.325 e. The Morgan fingerprint density at radius 1 is 1.47 bits per heavy atom. The molecule has 3 rings (SSSR count). The number of carbonyl (C=O) groups excluding carboxylic acids is 2. The zero-order valence-electron chi connectivity index (χ0n) is 10.6. The molecule has 5 nitrogen and oxygen atoms in total. The van der Waals surface area contributed by atoms with Gasteiger partial charge in [0.15, 0.2) is 0 Å². The number of hydrogen-bond donors (Lipinski definition) is 1. The SMILES string of the molecule is CCOC(=O)Cn1cc2c3c(cccc31)CC(=O)N2. The fraction of sp³-hybridized carbons (Fsp3) is 0.286. The second-order valence-electron chi connectivity index (χ2n) is 4.51. The second-order valence-corrected chi connectivity index (χ2v) is 4.51. The summed E-state index contributed by atoms with van der Waals surface area (Å²) in [5, 5.41) is 3.86. The molecule has 98 valence electrons. The summed E-state index contributed by atoms with van der Waals surface area (Å²) in [5.41, 5.74) is 2.71. The normalized spacial score (nSPS) is 13.4. The van der Waals surface area contributed by atoms with Crippen molar-refractivity contribution < 1.29 is 14.3 Å². The Hall–Kier alpha value is -2.30. The van der Waals surface area contributed by atoms with E-state index in [1.54, 1.807) is 13.1 Å². The van der Waals surface area contributed by atoms with E-state index in [4.69, 9.17) is 4.74 Å². The van der Waals surface area contributed by atoms with Gasteiger partial charge in [0.2, 0.25) is 5.91 Å². The molecule has 0 fully saturated rings. The lowest BCUT2D eigenvalue weighted by atomic mass is 10.0. The number of nitrogens with zero attached hydrogens (tertiary/aromatic N) is 1. The number of carbonyl (C=O) groups is 2. The van der Waals surface area contributed by atoms with Gasteiger partial charge >= 0.3 is 5.97 Å². The molecular weight excluding hydrogens is 244 g/mol. The van der Waals surface area contributed by atoms with Crippen LogP contribution in [-0.2, 0) is 27.3 Å². The molecule has 1 aromatic carbocycles. The minimum atomic E-state index is -0.276. The maximum atomic E-state index is 11.6. The number of esters is 1. The highest BCUT2D eigenvalue weighted by Crippen LogP contribution is 2.32. The Morgan fingerprint density at radius 3 is 3.11 bits per heavy atom. The summed E-state index contributed by atoms with van der Waals surface area (Å²) >= 11 is 0. The van der Waals surface area contributed by atoms with Gasteiger partial charge in [-0.3, -0.25) is 9.59 Å².